The SMILES string of the molecule is CC1OCCC1CNCCSc1ccccc1. The molecular weight excluding hydrogens is 230 g/mol. The molecule has 1 aliphatic heterocycles. The Labute approximate surface area is 108 Å². The van der Waals surface area contributed by atoms with Gasteiger partial charge in [-0.05, 0) is 31.4 Å². The van der Waals surface area contributed by atoms with Gasteiger partial charge in [-0.2, -0.15) is 0 Å². The Bertz CT molecular complexity index is 317. The van der Waals surface area contributed by atoms with Gasteiger partial charge in [0.15, 0.2) is 0 Å². The molecule has 0 spiro atoms. The second-order valence-electron chi connectivity index (χ2n) is 4.49. The summed E-state index contributed by atoms with van der Waals surface area (Å²) in [5.74, 6) is 1.84. The summed E-state index contributed by atoms with van der Waals surface area (Å²) in [7, 11) is 0. The van der Waals surface area contributed by atoms with Crippen LogP contribution in [0.2, 0.25) is 0 Å². The molecule has 1 aliphatic rings. The molecule has 2 unspecified atom stereocenters. The normalized spacial score (nSPS) is 24.1. The fourth-order valence-electron chi connectivity index (χ4n) is 2.09. The van der Waals surface area contributed by atoms with E-state index in [-0.39, 0.29) is 0 Å². The van der Waals surface area contributed by atoms with E-state index < -0.39 is 0 Å². The molecule has 0 saturated carbocycles. The number of hydrogen-bond acceptors (Lipinski definition) is 3. The van der Waals surface area contributed by atoms with Gasteiger partial charge in [0.1, 0.15) is 0 Å². The molecule has 1 heterocycles. The summed E-state index contributed by atoms with van der Waals surface area (Å²) < 4.78 is 5.55. The molecular formula is C14H21NOS. The van der Waals surface area contributed by atoms with Gasteiger partial charge in [-0.1, -0.05) is 18.2 Å². The third-order valence-electron chi connectivity index (χ3n) is 3.23. The molecule has 0 radical (unpaired) electrons. The molecule has 94 valence electrons. The van der Waals surface area contributed by atoms with Gasteiger partial charge >= 0.3 is 0 Å². The fourth-order valence-corrected chi connectivity index (χ4v) is 2.92. The minimum Gasteiger partial charge on any atom is -0.378 e. The molecule has 1 saturated heterocycles. The van der Waals surface area contributed by atoms with Crippen molar-refractivity contribution >= 4 is 11.8 Å². The Morgan fingerprint density at radius 1 is 1.35 bits per heavy atom. The maximum atomic E-state index is 5.55. The summed E-state index contributed by atoms with van der Waals surface area (Å²) in [5, 5.41) is 3.53. The van der Waals surface area contributed by atoms with E-state index in [1.54, 1.807) is 0 Å². The molecule has 17 heavy (non-hydrogen) atoms. The van der Waals surface area contributed by atoms with Crippen LogP contribution in [0.5, 0.6) is 0 Å². The van der Waals surface area contributed by atoms with E-state index in [1.807, 2.05) is 11.8 Å². The topological polar surface area (TPSA) is 21.3 Å². The highest BCUT2D eigenvalue weighted by Gasteiger charge is 2.23. The Hall–Kier alpha value is -0.510. The van der Waals surface area contributed by atoms with Crippen LogP contribution in [-0.4, -0.2) is 31.6 Å². The minimum atomic E-state index is 0.435. The zero-order chi connectivity index (χ0) is 11.9. The first-order chi connectivity index (χ1) is 8.36. The number of hydrogen-bond donors (Lipinski definition) is 1. The van der Waals surface area contributed by atoms with Gasteiger partial charge in [0.05, 0.1) is 6.10 Å². The lowest BCUT2D eigenvalue weighted by Gasteiger charge is -2.14. The van der Waals surface area contributed by atoms with Crippen LogP contribution in [0.25, 0.3) is 0 Å². The van der Waals surface area contributed by atoms with Gasteiger partial charge in [-0.15, -0.1) is 11.8 Å². The van der Waals surface area contributed by atoms with Crippen LogP contribution in [0.15, 0.2) is 35.2 Å². The quantitative estimate of drug-likeness (QED) is 0.620. The van der Waals surface area contributed by atoms with Gasteiger partial charge in [0, 0.05) is 30.3 Å². The lowest BCUT2D eigenvalue weighted by molar-refractivity contribution is 0.106. The number of thioether (sulfide) groups is 1. The highest BCUT2D eigenvalue weighted by molar-refractivity contribution is 7.99. The van der Waals surface area contributed by atoms with Gasteiger partial charge in [0.2, 0.25) is 0 Å². The lowest BCUT2D eigenvalue weighted by atomic mass is 10.0. The maximum absolute atomic E-state index is 5.55. The van der Waals surface area contributed by atoms with Crippen LogP contribution in [-0.2, 0) is 4.74 Å². The first-order valence-corrected chi connectivity index (χ1v) is 7.35. The summed E-state index contributed by atoms with van der Waals surface area (Å²) in [6.07, 6.45) is 1.64. The molecule has 2 rings (SSSR count). The smallest absolute Gasteiger partial charge is 0.0588 e. The second-order valence-corrected chi connectivity index (χ2v) is 5.66. The summed E-state index contributed by atoms with van der Waals surface area (Å²) in [6, 6.07) is 10.6. The fraction of sp³-hybridized carbons (Fsp3) is 0.571. The van der Waals surface area contributed by atoms with E-state index >= 15 is 0 Å². The number of nitrogens with one attached hydrogen (secondary N) is 1. The molecule has 0 aromatic heterocycles. The highest BCUT2D eigenvalue weighted by atomic mass is 32.2. The zero-order valence-corrected chi connectivity index (χ0v) is 11.2. The average molecular weight is 251 g/mol. The zero-order valence-electron chi connectivity index (χ0n) is 10.4. The van der Waals surface area contributed by atoms with E-state index in [1.165, 1.54) is 11.3 Å². The first-order valence-electron chi connectivity index (χ1n) is 6.36. The Morgan fingerprint density at radius 2 is 2.18 bits per heavy atom. The first kappa shape index (κ1) is 12.9. The van der Waals surface area contributed by atoms with Crippen molar-refractivity contribution in [1.82, 2.24) is 5.32 Å². The van der Waals surface area contributed by atoms with Crippen LogP contribution in [0.1, 0.15) is 13.3 Å². The molecule has 0 bridgehead atoms. The molecule has 2 atom stereocenters. The van der Waals surface area contributed by atoms with Gasteiger partial charge < -0.3 is 10.1 Å². The summed E-state index contributed by atoms with van der Waals surface area (Å²) >= 11 is 1.91. The molecule has 1 aromatic rings. The van der Waals surface area contributed by atoms with E-state index in [0.717, 1.165) is 25.4 Å². The minimum absolute atomic E-state index is 0.435. The van der Waals surface area contributed by atoms with Crippen molar-refractivity contribution in [3.8, 4) is 0 Å². The van der Waals surface area contributed by atoms with Gasteiger partial charge in [-0.25, -0.2) is 0 Å². The Kier molecular flexibility index (Phi) is 5.36. The molecule has 3 heteroatoms. The van der Waals surface area contributed by atoms with Gasteiger partial charge in [-0.3, -0.25) is 0 Å². The van der Waals surface area contributed by atoms with Crippen molar-refractivity contribution in [3.05, 3.63) is 30.3 Å². The molecule has 1 fully saturated rings. The Morgan fingerprint density at radius 3 is 2.88 bits per heavy atom. The van der Waals surface area contributed by atoms with Crippen molar-refractivity contribution in [1.29, 1.82) is 0 Å². The third-order valence-corrected chi connectivity index (χ3v) is 4.24. The molecule has 1 N–H and O–H groups in total. The third kappa shape index (κ3) is 4.34. The van der Waals surface area contributed by atoms with Crippen LogP contribution in [0.3, 0.4) is 0 Å². The average Bonchev–Trinajstić information content (AvgIpc) is 2.76. The number of ether oxygens (including phenoxy) is 1. The molecule has 1 aromatic carbocycles. The maximum Gasteiger partial charge on any atom is 0.0588 e. The Balaban J connectivity index is 1.55. The molecule has 2 nitrogen and oxygen atoms in total. The van der Waals surface area contributed by atoms with Crippen molar-refractivity contribution in [3.63, 3.8) is 0 Å². The standard InChI is InChI=1S/C14H21NOS/c1-12-13(7-9-16-12)11-15-8-10-17-14-5-3-2-4-6-14/h2-6,12-13,15H,7-11H2,1H3. The molecule has 0 amide bonds. The monoisotopic (exact) mass is 251 g/mol. The van der Waals surface area contributed by atoms with E-state index in [4.69, 9.17) is 4.74 Å². The second kappa shape index (κ2) is 7.04. The predicted octanol–water partition coefficient (Wildman–Crippen LogP) is 2.79. The predicted molar refractivity (Wildman–Crippen MR) is 73.6 cm³/mol. The number of benzene rings is 1. The van der Waals surface area contributed by atoms with Crippen molar-refractivity contribution < 1.29 is 4.74 Å². The van der Waals surface area contributed by atoms with Crippen molar-refractivity contribution in [2.75, 3.05) is 25.4 Å². The van der Waals surface area contributed by atoms with Gasteiger partial charge in [0.25, 0.3) is 0 Å². The van der Waals surface area contributed by atoms with E-state index in [2.05, 4.69) is 42.6 Å². The summed E-state index contributed by atoms with van der Waals surface area (Å²) in [4.78, 5) is 1.35. The molecule has 0 aliphatic carbocycles. The van der Waals surface area contributed by atoms with Crippen LogP contribution in [0, 0.1) is 5.92 Å². The van der Waals surface area contributed by atoms with Crippen LogP contribution >= 0.6 is 11.8 Å². The van der Waals surface area contributed by atoms with E-state index in [0.29, 0.717) is 12.0 Å². The lowest BCUT2D eigenvalue weighted by Crippen LogP contribution is -2.28. The largest absolute Gasteiger partial charge is 0.378 e. The highest BCUT2D eigenvalue weighted by Crippen LogP contribution is 2.19. The summed E-state index contributed by atoms with van der Waals surface area (Å²) in [6.45, 7) is 5.28. The van der Waals surface area contributed by atoms with E-state index in [9.17, 15) is 0 Å². The number of rotatable bonds is 6. The van der Waals surface area contributed by atoms with Crippen molar-refractivity contribution in [2.45, 2.75) is 24.3 Å². The summed E-state index contributed by atoms with van der Waals surface area (Å²) in [5.41, 5.74) is 0. The van der Waals surface area contributed by atoms with Crippen molar-refractivity contribution in [2.24, 2.45) is 5.92 Å². The van der Waals surface area contributed by atoms with Crippen LogP contribution in [0.4, 0.5) is 0 Å². The van der Waals surface area contributed by atoms with Crippen LogP contribution < -0.4 is 5.32 Å².